The van der Waals surface area contributed by atoms with Crippen LogP contribution in [0.25, 0.3) is 0 Å². The molecule has 46 heavy (non-hydrogen) atoms. The first-order chi connectivity index (χ1) is 22.3. The summed E-state index contributed by atoms with van der Waals surface area (Å²) in [5, 5.41) is 49.0. The molecule has 2 aliphatic rings. The van der Waals surface area contributed by atoms with Crippen molar-refractivity contribution in [2.45, 2.75) is 69.9 Å². The Bertz CT molecular complexity index is 1540. The molecule has 0 aliphatic heterocycles. The zero-order valence-electron chi connectivity index (χ0n) is 24.6. The average molecular weight is 659 g/mol. The van der Waals surface area contributed by atoms with Crippen molar-refractivity contribution >= 4 is 35.3 Å². The summed E-state index contributed by atoms with van der Waals surface area (Å²) in [7, 11) is 0. The molecule has 6 rings (SSSR count). The van der Waals surface area contributed by atoms with E-state index in [-0.39, 0.29) is 0 Å². The van der Waals surface area contributed by atoms with Gasteiger partial charge in [-0.1, -0.05) is 84.2 Å². The van der Waals surface area contributed by atoms with E-state index in [0.717, 1.165) is 45.8 Å². The van der Waals surface area contributed by atoms with E-state index in [2.05, 4.69) is 20.6 Å². The first kappa shape index (κ1) is 32.2. The van der Waals surface area contributed by atoms with Gasteiger partial charge in [-0.25, -0.2) is 9.97 Å². The Morgan fingerprint density at radius 2 is 1.02 bits per heavy atom. The second-order valence-electron chi connectivity index (χ2n) is 11.3. The Morgan fingerprint density at radius 1 is 0.630 bits per heavy atom. The van der Waals surface area contributed by atoms with Gasteiger partial charge < -0.3 is 31.1 Å². The number of carbonyl (C=O) groups excluding carboxylic acids is 2. The molecule has 2 aromatic carbocycles. The molecular formula is C34H34N4O6S2. The third-order valence-corrected chi connectivity index (χ3v) is 10.7. The van der Waals surface area contributed by atoms with Crippen LogP contribution in [0.5, 0.6) is 0 Å². The molecule has 10 nitrogen and oxygen atoms in total. The minimum atomic E-state index is -1.76. The van der Waals surface area contributed by atoms with Crippen molar-refractivity contribution in [1.82, 2.24) is 20.6 Å². The third kappa shape index (κ3) is 6.97. The number of nitrogens with one attached hydrogen (secondary N) is 2. The number of benzene rings is 2. The third-order valence-electron chi connectivity index (χ3n) is 8.26. The molecule has 2 amide bonds. The van der Waals surface area contributed by atoms with Crippen molar-refractivity contribution in [3.63, 3.8) is 0 Å². The lowest BCUT2D eigenvalue weighted by molar-refractivity contribution is -0.129. The second kappa shape index (κ2) is 14.3. The van der Waals surface area contributed by atoms with Crippen molar-refractivity contribution < 1.29 is 30.0 Å². The SMILES string of the molecule is O=C(NC1c2ccccc2C[C@H]1O)[C@H](Sc1ccccn1)[C@H](O)[C@@H](O)[C@@H](Sc1ccccn1)C(=O)N[C@H]1c2ccccc2C[C@H]1O. The van der Waals surface area contributed by atoms with E-state index in [9.17, 15) is 30.0 Å². The van der Waals surface area contributed by atoms with Crippen LogP contribution >= 0.6 is 23.5 Å². The molecule has 2 aliphatic carbocycles. The molecule has 0 bridgehead atoms. The molecule has 1 unspecified atom stereocenters. The monoisotopic (exact) mass is 658 g/mol. The van der Waals surface area contributed by atoms with E-state index in [1.807, 2.05) is 48.5 Å². The average Bonchev–Trinajstić information content (AvgIpc) is 3.57. The molecule has 0 radical (unpaired) electrons. The summed E-state index contributed by atoms with van der Waals surface area (Å²) in [6, 6.07) is 23.7. The van der Waals surface area contributed by atoms with E-state index >= 15 is 0 Å². The maximum absolute atomic E-state index is 13.9. The van der Waals surface area contributed by atoms with Crippen LogP contribution in [0.15, 0.2) is 107 Å². The van der Waals surface area contributed by atoms with Gasteiger partial charge in [0.1, 0.15) is 22.7 Å². The summed E-state index contributed by atoms with van der Waals surface area (Å²) in [6.45, 7) is 0. The van der Waals surface area contributed by atoms with E-state index < -0.39 is 58.8 Å². The molecule has 0 saturated carbocycles. The molecule has 8 atom stereocenters. The van der Waals surface area contributed by atoms with Gasteiger partial charge in [0.05, 0.1) is 34.3 Å². The van der Waals surface area contributed by atoms with Gasteiger partial charge in [-0.3, -0.25) is 9.59 Å². The molecular weight excluding hydrogens is 625 g/mol. The topological polar surface area (TPSA) is 165 Å². The Labute approximate surface area is 274 Å². The van der Waals surface area contributed by atoms with Gasteiger partial charge >= 0.3 is 0 Å². The molecule has 0 fully saturated rings. The Morgan fingerprint density at radius 3 is 1.41 bits per heavy atom. The summed E-state index contributed by atoms with van der Waals surface area (Å²) in [6.07, 6.45) is -1.43. The summed E-state index contributed by atoms with van der Waals surface area (Å²) in [5.41, 5.74) is 3.37. The maximum atomic E-state index is 13.9. The van der Waals surface area contributed by atoms with Gasteiger partial charge in [0.25, 0.3) is 0 Å². The molecule has 4 aromatic rings. The van der Waals surface area contributed by atoms with Gasteiger partial charge in [-0.15, -0.1) is 0 Å². The van der Waals surface area contributed by atoms with E-state index in [0.29, 0.717) is 22.9 Å². The summed E-state index contributed by atoms with van der Waals surface area (Å²) in [5.74, 6) is -1.27. The number of thioether (sulfide) groups is 2. The van der Waals surface area contributed by atoms with Gasteiger partial charge in [-0.2, -0.15) is 0 Å². The Balaban J connectivity index is 1.28. The van der Waals surface area contributed by atoms with Crippen molar-refractivity contribution in [3.05, 3.63) is 120 Å². The quantitative estimate of drug-likeness (QED) is 0.132. The fraction of sp³-hybridized carbons (Fsp3) is 0.294. The number of aromatic nitrogens is 2. The number of hydrogen-bond acceptors (Lipinski definition) is 10. The lowest BCUT2D eigenvalue weighted by Gasteiger charge is -2.31. The highest BCUT2D eigenvalue weighted by Gasteiger charge is 2.44. The van der Waals surface area contributed by atoms with Crippen LogP contribution < -0.4 is 10.6 Å². The number of aliphatic hydroxyl groups excluding tert-OH is 4. The minimum absolute atomic E-state index is 0.365. The number of pyridine rings is 2. The molecule has 0 spiro atoms. The molecule has 2 heterocycles. The standard InChI is InChI=1S/C34H34N4O6S2/c39-23-17-19-9-1-3-11-21(19)27(23)37-33(43)31(45-25-13-5-7-15-35-25)29(41)30(42)32(46-26-14-6-8-16-36-26)34(44)38-28-22-12-4-2-10-20(22)18-24(28)40/h1-16,23-24,27-32,39-42H,17-18H2,(H,37,43)(H,38,44)/t23-,24-,27+,28?,29-,30-,31-,32-/m1/s1. The van der Waals surface area contributed by atoms with Gasteiger partial charge in [0.15, 0.2) is 0 Å². The smallest absolute Gasteiger partial charge is 0.236 e. The molecule has 6 N–H and O–H groups in total. The number of amides is 2. The fourth-order valence-electron chi connectivity index (χ4n) is 5.98. The van der Waals surface area contributed by atoms with Gasteiger partial charge in [0.2, 0.25) is 11.8 Å². The zero-order chi connectivity index (χ0) is 32.2. The van der Waals surface area contributed by atoms with Crippen LogP contribution in [0.4, 0.5) is 0 Å². The van der Waals surface area contributed by atoms with Crippen LogP contribution in [0, 0.1) is 0 Å². The lowest BCUT2D eigenvalue weighted by Crippen LogP contribution is -2.53. The molecule has 0 saturated heterocycles. The van der Waals surface area contributed by atoms with Crippen LogP contribution in [-0.4, -0.2) is 77.1 Å². The van der Waals surface area contributed by atoms with Crippen molar-refractivity contribution in [1.29, 1.82) is 0 Å². The van der Waals surface area contributed by atoms with Gasteiger partial charge in [-0.05, 0) is 46.5 Å². The Kier molecular flexibility index (Phi) is 10.0. The van der Waals surface area contributed by atoms with Crippen LogP contribution in [0.3, 0.4) is 0 Å². The first-order valence-corrected chi connectivity index (χ1v) is 16.7. The number of rotatable bonds is 11. The number of nitrogens with zero attached hydrogens (tertiary/aromatic N) is 2. The second-order valence-corrected chi connectivity index (χ2v) is 13.6. The number of aliphatic hydroxyl groups is 4. The Hall–Kier alpha value is -3.78. The van der Waals surface area contributed by atoms with Crippen molar-refractivity contribution in [2.75, 3.05) is 0 Å². The van der Waals surface area contributed by atoms with E-state index in [1.54, 1.807) is 48.8 Å². The molecule has 12 heteroatoms. The highest BCUT2D eigenvalue weighted by molar-refractivity contribution is 8.01. The van der Waals surface area contributed by atoms with Crippen molar-refractivity contribution in [2.24, 2.45) is 0 Å². The maximum Gasteiger partial charge on any atom is 0.236 e. The summed E-state index contributed by atoms with van der Waals surface area (Å²) >= 11 is 1.89. The number of carbonyl (C=O) groups is 2. The lowest BCUT2D eigenvalue weighted by atomic mass is 10.0. The highest BCUT2D eigenvalue weighted by Crippen LogP contribution is 2.36. The van der Waals surface area contributed by atoms with Crippen molar-refractivity contribution in [3.8, 4) is 0 Å². The normalized spacial score (nSPS) is 22.6. The minimum Gasteiger partial charge on any atom is -0.390 e. The zero-order valence-corrected chi connectivity index (χ0v) is 26.2. The molecule has 2 aromatic heterocycles. The predicted molar refractivity (Wildman–Crippen MR) is 174 cm³/mol. The van der Waals surface area contributed by atoms with E-state index in [1.165, 1.54) is 0 Å². The first-order valence-electron chi connectivity index (χ1n) is 14.9. The number of fused-ring (bicyclic) bond motifs is 2. The predicted octanol–water partition coefficient (Wildman–Crippen LogP) is 2.37. The van der Waals surface area contributed by atoms with Gasteiger partial charge in [0, 0.05) is 25.2 Å². The van der Waals surface area contributed by atoms with Crippen LogP contribution in [0.2, 0.25) is 0 Å². The van der Waals surface area contributed by atoms with E-state index in [4.69, 9.17) is 0 Å². The fourth-order valence-corrected chi connectivity index (χ4v) is 8.00. The van der Waals surface area contributed by atoms with Crippen LogP contribution in [0.1, 0.15) is 34.3 Å². The summed E-state index contributed by atoms with van der Waals surface area (Å²) in [4.78, 5) is 36.4. The highest BCUT2D eigenvalue weighted by atomic mass is 32.2. The number of hydrogen-bond donors (Lipinski definition) is 6. The largest absolute Gasteiger partial charge is 0.390 e. The molecule has 238 valence electrons. The summed E-state index contributed by atoms with van der Waals surface area (Å²) < 4.78 is 0. The van der Waals surface area contributed by atoms with Crippen LogP contribution in [-0.2, 0) is 22.4 Å².